The summed E-state index contributed by atoms with van der Waals surface area (Å²) in [6.45, 7) is 2.30. The third-order valence-electron chi connectivity index (χ3n) is 5.28. The lowest BCUT2D eigenvalue weighted by atomic mass is 10.0. The molecule has 2 aliphatic rings. The number of carbonyl (C=O) groups excluding carboxylic acids is 2. The van der Waals surface area contributed by atoms with Gasteiger partial charge in [0.25, 0.3) is 0 Å². The molecule has 0 unspecified atom stereocenters. The second kappa shape index (κ2) is 7.78. The first-order valence-electron chi connectivity index (χ1n) is 9.18. The van der Waals surface area contributed by atoms with Crippen LogP contribution in [0.25, 0.3) is 0 Å². The van der Waals surface area contributed by atoms with Crippen molar-refractivity contribution in [3.8, 4) is 0 Å². The summed E-state index contributed by atoms with van der Waals surface area (Å²) in [7, 11) is -3.04. The van der Waals surface area contributed by atoms with Crippen LogP contribution in [0.4, 0.5) is 0 Å². The SMILES string of the molecule is C[C@H](CCc1ccccc1)NC(=O)[C@H]1CC(=O)N([C@H]2CCS(=O)(=O)C2)C1. The van der Waals surface area contributed by atoms with Crippen LogP contribution < -0.4 is 5.32 Å². The minimum atomic E-state index is -3.04. The maximum absolute atomic E-state index is 12.5. The molecule has 2 amide bonds. The topological polar surface area (TPSA) is 83.6 Å². The van der Waals surface area contributed by atoms with Crippen LogP contribution in [0.2, 0.25) is 0 Å². The van der Waals surface area contributed by atoms with E-state index >= 15 is 0 Å². The van der Waals surface area contributed by atoms with E-state index in [4.69, 9.17) is 0 Å². The van der Waals surface area contributed by atoms with Crippen LogP contribution >= 0.6 is 0 Å². The molecule has 0 spiro atoms. The average molecular weight is 378 g/mol. The van der Waals surface area contributed by atoms with Crippen molar-refractivity contribution in [1.82, 2.24) is 10.2 Å². The molecule has 2 aliphatic heterocycles. The van der Waals surface area contributed by atoms with Crippen LogP contribution in [-0.4, -0.2) is 55.3 Å². The standard InChI is InChI=1S/C19H26N2O4S/c1-14(7-8-15-5-3-2-4-6-15)20-19(23)16-11-18(22)21(12-16)17-9-10-26(24,25)13-17/h2-6,14,16-17H,7-13H2,1H3,(H,20,23)/t14-,16+,17+/m1/s1. The van der Waals surface area contributed by atoms with Crippen molar-refractivity contribution in [2.45, 2.75) is 44.7 Å². The quantitative estimate of drug-likeness (QED) is 0.805. The second-order valence-corrected chi connectivity index (χ2v) is 9.67. The van der Waals surface area contributed by atoms with Crippen molar-refractivity contribution < 1.29 is 18.0 Å². The lowest BCUT2D eigenvalue weighted by molar-refractivity contribution is -0.130. The van der Waals surface area contributed by atoms with Gasteiger partial charge < -0.3 is 10.2 Å². The monoisotopic (exact) mass is 378 g/mol. The highest BCUT2D eigenvalue weighted by atomic mass is 32.2. The molecular formula is C19H26N2O4S. The Labute approximate surface area is 154 Å². The van der Waals surface area contributed by atoms with Crippen LogP contribution in [-0.2, 0) is 25.8 Å². The van der Waals surface area contributed by atoms with E-state index in [9.17, 15) is 18.0 Å². The smallest absolute Gasteiger partial charge is 0.225 e. The Balaban J connectivity index is 1.48. The van der Waals surface area contributed by atoms with Gasteiger partial charge in [-0.25, -0.2) is 8.42 Å². The Morgan fingerprint density at radius 3 is 2.69 bits per heavy atom. The summed E-state index contributed by atoms with van der Waals surface area (Å²) < 4.78 is 23.3. The average Bonchev–Trinajstić information content (AvgIpc) is 3.16. The summed E-state index contributed by atoms with van der Waals surface area (Å²) >= 11 is 0. The number of hydrogen-bond donors (Lipinski definition) is 1. The molecule has 7 heteroatoms. The Hall–Kier alpha value is -1.89. The molecule has 0 aromatic heterocycles. The van der Waals surface area contributed by atoms with Crippen molar-refractivity contribution in [3.05, 3.63) is 35.9 Å². The number of amides is 2. The van der Waals surface area contributed by atoms with Gasteiger partial charge in [-0.05, 0) is 31.7 Å². The number of rotatable bonds is 6. The molecule has 2 fully saturated rings. The summed E-state index contributed by atoms with van der Waals surface area (Å²) in [6, 6.07) is 9.88. The highest BCUT2D eigenvalue weighted by Gasteiger charge is 2.41. The number of nitrogens with zero attached hydrogens (tertiary/aromatic N) is 1. The Bertz CT molecular complexity index is 763. The van der Waals surface area contributed by atoms with E-state index in [1.165, 1.54) is 5.56 Å². The molecule has 6 nitrogen and oxygen atoms in total. The van der Waals surface area contributed by atoms with Crippen LogP contribution in [0.15, 0.2) is 30.3 Å². The number of sulfone groups is 1. The van der Waals surface area contributed by atoms with Crippen LogP contribution in [0.1, 0.15) is 31.7 Å². The van der Waals surface area contributed by atoms with Crippen molar-refractivity contribution in [2.24, 2.45) is 5.92 Å². The maximum atomic E-state index is 12.5. The van der Waals surface area contributed by atoms with Crippen molar-refractivity contribution >= 4 is 21.7 Å². The zero-order valence-corrected chi connectivity index (χ0v) is 15.9. The molecule has 3 atom stereocenters. The van der Waals surface area contributed by atoms with E-state index in [2.05, 4.69) is 17.4 Å². The molecule has 0 bridgehead atoms. The number of aryl methyl sites for hydroxylation is 1. The predicted molar refractivity (Wildman–Crippen MR) is 99.2 cm³/mol. The first-order valence-corrected chi connectivity index (χ1v) is 11.0. The fourth-order valence-corrected chi connectivity index (χ4v) is 5.47. The third kappa shape index (κ3) is 4.63. The number of benzene rings is 1. The van der Waals surface area contributed by atoms with Gasteiger partial charge >= 0.3 is 0 Å². The largest absolute Gasteiger partial charge is 0.353 e. The zero-order valence-electron chi connectivity index (χ0n) is 15.1. The number of carbonyl (C=O) groups is 2. The fraction of sp³-hybridized carbons (Fsp3) is 0.579. The molecule has 0 aliphatic carbocycles. The van der Waals surface area contributed by atoms with Crippen LogP contribution in [0.5, 0.6) is 0 Å². The molecule has 2 saturated heterocycles. The summed E-state index contributed by atoms with van der Waals surface area (Å²) in [4.78, 5) is 26.3. The summed E-state index contributed by atoms with van der Waals surface area (Å²) in [5.41, 5.74) is 1.23. The molecule has 26 heavy (non-hydrogen) atoms. The lowest BCUT2D eigenvalue weighted by Crippen LogP contribution is -2.41. The van der Waals surface area contributed by atoms with Crippen molar-refractivity contribution in [2.75, 3.05) is 18.1 Å². The van der Waals surface area contributed by atoms with Gasteiger partial charge in [-0.15, -0.1) is 0 Å². The van der Waals surface area contributed by atoms with Gasteiger partial charge in [-0.3, -0.25) is 9.59 Å². The Morgan fingerprint density at radius 1 is 1.31 bits per heavy atom. The predicted octanol–water partition coefficient (Wildman–Crippen LogP) is 1.16. The lowest BCUT2D eigenvalue weighted by Gasteiger charge is -2.23. The zero-order chi connectivity index (χ0) is 18.7. The molecule has 0 radical (unpaired) electrons. The van der Waals surface area contributed by atoms with E-state index in [0.29, 0.717) is 13.0 Å². The van der Waals surface area contributed by atoms with Gasteiger partial charge in [-0.2, -0.15) is 0 Å². The summed E-state index contributed by atoms with van der Waals surface area (Å²) in [6.07, 6.45) is 2.38. The third-order valence-corrected chi connectivity index (χ3v) is 7.03. The van der Waals surface area contributed by atoms with Gasteiger partial charge in [0.15, 0.2) is 9.84 Å². The molecule has 2 heterocycles. The molecule has 1 aromatic rings. The molecule has 1 aromatic carbocycles. The molecule has 3 rings (SSSR count). The van der Waals surface area contributed by atoms with Gasteiger partial charge in [-0.1, -0.05) is 30.3 Å². The van der Waals surface area contributed by atoms with E-state index in [1.807, 2.05) is 25.1 Å². The van der Waals surface area contributed by atoms with Crippen molar-refractivity contribution in [1.29, 1.82) is 0 Å². The first kappa shape index (κ1) is 18.9. The minimum absolute atomic E-state index is 0.0266. The van der Waals surface area contributed by atoms with Crippen molar-refractivity contribution in [3.63, 3.8) is 0 Å². The van der Waals surface area contributed by atoms with Crippen LogP contribution in [0, 0.1) is 5.92 Å². The maximum Gasteiger partial charge on any atom is 0.225 e. The van der Waals surface area contributed by atoms with Crippen LogP contribution in [0.3, 0.4) is 0 Å². The summed E-state index contributed by atoms with van der Waals surface area (Å²) in [5, 5.41) is 3.00. The number of nitrogens with one attached hydrogen (secondary N) is 1. The van der Waals surface area contributed by atoms with E-state index in [0.717, 1.165) is 12.8 Å². The Kier molecular flexibility index (Phi) is 5.65. The first-order chi connectivity index (χ1) is 12.3. The van der Waals surface area contributed by atoms with Gasteiger partial charge in [0, 0.05) is 25.0 Å². The number of likely N-dealkylation sites (tertiary alicyclic amines) is 1. The normalized spacial score (nSPS) is 26.0. The molecular weight excluding hydrogens is 352 g/mol. The molecule has 0 saturated carbocycles. The van der Waals surface area contributed by atoms with E-state index < -0.39 is 9.84 Å². The number of hydrogen-bond acceptors (Lipinski definition) is 4. The molecule has 1 N–H and O–H groups in total. The van der Waals surface area contributed by atoms with E-state index in [1.54, 1.807) is 4.90 Å². The van der Waals surface area contributed by atoms with Gasteiger partial charge in [0.2, 0.25) is 11.8 Å². The second-order valence-electron chi connectivity index (χ2n) is 7.44. The van der Waals surface area contributed by atoms with Gasteiger partial charge in [0.1, 0.15) is 0 Å². The fourth-order valence-electron chi connectivity index (χ4n) is 3.74. The summed E-state index contributed by atoms with van der Waals surface area (Å²) in [5.74, 6) is -0.438. The highest BCUT2D eigenvalue weighted by molar-refractivity contribution is 7.91. The van der Waals surface area contributed by atoms with E-state index in [-0.39, 0.29) is 47.7 Å². The van der Waals surface area contributed by atoms with Gasteiger partial charge in [0.05, 0.1) is 17.4 Å². The molecule has 142 valence electrons. The minimum Gasteiger partial charge on any atom is -0.353 e. The highest BCUT2D eigenvalue weighted by Crippen LogP contribution is 2.26. The Morgan fingerprint density at radius 2 is 2.04 bits per heavy atom.